The molecule has 0 bridgehead atoms. The first kappa shape index (κ1) is 26.3. The molecule has 0 heterocycles. The number of benzene rings is 2. The van der Waals surface area contributed by atoms with E-state index in [0.29, 0.717) is 0 Å². The number of hydrogen-bond acceptors (Lipinski definition) is 10. The highest BCUT2D eigenvalue weighted by atomic mass is 16.5. The van der Waals surface area contributed by atoms with Crippen LogP contribution >= 0.6 is 0 Å². The van der Waals surface area contributed by atoms with Gasteiger partial charge in [0.1, 0.15) is 5.69 Å². The molecule has 0 aliphatic carbocycles. The molecular weight excluding hydrogens is 466 g/mol. The van der Waals surface area contributed by atoms with Gasteiger partial charge in [0.25, 0.3) is 5.91 Å². The average molecular weight is 485 g/mol. The molecule has 0 fully saturated rings. The Balaban J connectivity index is 2.43. The first-order chi connectivity index (χ1) is 16.5. The van der Waals surface area contributed by atoms with Gasteiger partial charge in [-0.05, 0) is 43.3 Å². The van der Waals surface area contributed by atoms with Gasteiger partial charge in [0.2, 0.25) is 6.04 Å². The number of carbonyl (C=O) groups is 6. The fourth-order valence-corrected chi connectivity index (χ4v) is 2.74. The lowest BCUT2D eigenvalue weighted by Crippen LogP contribution is -2.32. The summed E-state index contributed by atoms with van der Waals surface area (Å²) in [6.07, 6.45) is 0. The number of hydrogen-bond donors (Lipinski definition) is 3. The lowest BCUT2D eigenvalue weighted by atomic mass is 10.1. The molecule has 3 N–H and O–H groups in total. The van der Waals surface area contributed by atoms with Crippen LogP contribution in [0.2, 0.25) is 0 Å². The summed E-state index contributed by atoms with van der Waals surface area (Å²) in [5.41, 5.74) is -1.35. The smallest absolute Gasteiger partial charge is 0.340 e. The van der Waals surface area contributed by atoms with E-state index in [1.165, 1.54) is 12.1 Å². The zero-order chi connectivity index (χ0) is 26.3. The predicted octanol–water partition coefficient (Wildman–Crippen LogP) is 2.34. The van der Waals surface area contributed by atoms with Crippen LogP contribution in [0.4, 0.5) is 11.4 Å². The third-order valence-electron chi connectivity index (χ3n) is 4.43. The van der Waals surface area contributed by atoms with Crippen LogP contribution in [0.25, 0.3) is 0 Å². The van der Waals surface area contributed by atoms with E-state index in [-0.39, 0.29) is 22.5 Å². The van der Waals surface area contributed by atoms with Gasteiger partial charge in [-0.3, -0.25) is 9.59 Å². The second-order valence-corrected chi connectivity index (χ2v) is 6.84. The number of carbonyl (C=O) groups excluding carboxylic acids is 4. The molecule has 0 saturated carbocycles. The van der Waals surface area contributed by atoms with Crippen LogP contribution in [0, 0.1) is 0 Å². The highest BCUT2D eigenvalue weighted by molar-refractivity contribution is 6.11. The third-order valence-corrected chi connectivity index (χ3v) is 4.43. The van der Waals surface area contributed by atoms with Gasteiger partial charge in [0.15, 0.2) is 5.78 Å². The largest absolute Gasteiger partial charge is 0.478 e. The van der Waals surface area contributed by atoms with Crippen LogP contribution in [0.15, 0.2) is 46.6 Å². The van der Waals surface area contributed by atoms with Gasteiger partial charge in [-0.1, -0.05) is 0 Å². The van der Waals surface area contributed by atoms with E-state index in [0.717, 1.165) is 45.4 Å². The molecule has 0 radical (unpaired) electrons. The zero-order valence-electron chi connectivity index (χ0n) is 18.6. The number of ketones is 1. The summed E-state index contributed by atoms with van der Waals surface area (Å²) in [6, 6.07) is 4.77. The molecular formula is C22H19N3O10. The van der Waals surface area contributed by atoms with Gasteiger partial charge in [0.05, 0.1) is 36.5 Å². The number of rotatable bonds is 9. The normalized spacial score (nSPS) is 11.4. The maximum atomic E-state index is 12.7. The molecule has 2 aromatic rings. The highest BCUT2D eigenvalue weighted by Crippen LogP contribution is 2.24. The van der Waals surface area contributed by atoms with E-state index in [9.17, 15) is 28.8 Å². The number of azo groups is 1. The Morgan fingerprint density at radius 2 is 1.40 bits per heavy atom. The van der Waals surface area contributed by atoms with Crippen LogP contribution in [0.1, 0.15) is 48.4 Å². The van der Waals surface area contributed by atoms with E-state index >= 15 is 0 Å². The third kappa shape index (κ3) is 6.54. The maximum absolute atomic E-state index is 12.7. The molecule has 2 rings (SSSR count). The number of anilines is 1. The number of esters is 2. The molecule has 1 atom stereocenters. The van der Waals surface area contributed by atoms with E-state index in [1.807, 2.05) is 0 Å². The van der Waals surface area contributed by atoms with Crippen LogP contribution in [0.3, 0.4) is 0 Å². The zero-order valence-corrected chi connectivity index (χ0v) is 18.6. The number of carboxylic acid groups (broad SMARTS) is 2. The van der Waals surface area contributed by atoms with E-state index in [2.05, 4.69) is 25.0 Å². The molecule has 182 valence electrons. The van der Waals surface area contributed by atoms with Crippen molar-refractivity contribution in [1.29, 1.82) is 0 Å². The Morgan fingerprint density at radius 1 is 0.829 bits per heavy atom. The first-order valence-corrected chi connectivity index (χ1v) is 9.63. The van der Waals surface area contributed by atoms with Crippen molar-refractivity contribution >= 4 is 46.9 Å². The molecule has 2 aromatic carbocycles. The summed E-state index contributed by atoms with van der Waals surface area (Å²) in [5.74, 6) is -6.27. The Morgan fingerprint density at radius 3 is 1.89 bits per heavy atom. The van der Waals surface area contributed by atoms with Gasteiger partial charge in [0, 0.05) is 5.69 Å². The number of carboxylic acids is 2. The van der Waals surface area contributed by atoms with Crippen molar-refractivity contribution in [3.05, 3.63) is 58.7 Å². The second-order valence-electron chi connectivity index (χ2n) is 6.84. The Kier molecular flexibility index (Phi) is 8.47. The lowest BCUT2D eigenvalue weighted by molar-refractivity contribution is -0.126. The van der Waals surface area contributed by atoms with Gasteiger partial charge >= 0.3 is 23.9 Å². The summed E-state index contributed by atoms with van der Waals surface area (Å²) in [4.78, 5) is 71.1. The Bertz CT molecular complexity index is 1220. The number of nitrogens with one attached hydrogen (secondary N) is 1. The molecule has 35 heavy (non-hydrogen) atoms. The van der Waals surface area contributed by atoms with Gasteiger partial charge < -0.3 is 25.0 Å². The summed E-state index contributed by atoms with van der Waals surface area (Å²) >= 11 is 0. The van der Waals surface area contributed by atoms with Crippen molar-refractivity contribution in [2.75, 3.05) is 19.5 Å². The summed E-state index contributed by atoms with van der Waals surface area (Å²) in [6.45, 7) is 1.03. The average Bonchev–Trinajstić information content (AvgIpc) is 2.82. The van der Waals surface area contributed by atoms with Gasteiger partial charge in [-0.2, -0.15) is 10.2 Å². The van der Waals surface area contributed by atoms with Crippen molar-refractivity contribution in [1.82, 2.24) is 0 Å². The molecule has 0 aromatic heterocycles. The van der Waals surface area contributed by atoms with Crippen LogP contribution < -0.4 is 5.32 Å². The van der Waals surface area contributed by atoms with Crippen LogP contribution in [-0.4, -0.2) is 66.0 Å². The van der Waals surface area contributed by atoms with Gasteiger partial charge in [-0.15, -0.1) is 0 Å². The first-order valence-electron chi connectivity index (χ1n) is 9.63. The summed E-state index contributed by atoms with van der Waals surface area (Å²) < 4.78 is 9.26. The standard InChI is InChI=1S/C22H19N3O10/c1-10(26)17(18(27)23-14-7-12(19(28)29)6-13(8-14)20(30)31)25-24-16-9-11(21(32)34-2)4-5-15(16)22(33)35-3/h4-9,17H,1-3H3,(H,23,27)(H,28,29)(H,30,31). The molecule has 1 amide bonds. The van der Waals surface area contributed by atoms with Crippen molar-refractivity contribution in [2.24, 2.45) is 10.2 Å². The van der Waals surface area contributed by atoms with E-state index in [1.54, 1.807) is 0 Å². The molecule has 0 saturated heterocycles. The van der Waals surface area contributed by atoms with Crippen molar-refractivity contribution in [3.8, 4) is 0 Å². The lowest BCUT2D eigenvalue weighted by Gasteiger charge is -2.11. The Labute approximate surface area is 197 Å². The number of Topliss-reactive ketones (excluding diaryl/α,β-unsaturated/α-hetero) is 1. The highest BCUT2D eigenvalue weighted by Gasteiger charge is 2.25. The minimum atomic E-state index is -1.76. The van der Waals surface area contributed by atoms with Crippen LogP contribution in [-0.2, 0) is 19.1 Å². The fraction of sp³-hybridized carbons (Fsp3) is 0.182. The van der Waals surface area contributed by atoms with Crippen LogP contribution in [0.5, 0.6) is 0 Å². The summed E-state index contributed by atoms with van der Waals surface area (Å²) in [7, 11) is 2.25. The second kappa shape index (κ2) is 11.3. The Hall–Kier alpha value is -4.94. The predicted molar refractivity (Wildman–Crippen MR) is 117 cm³/mol. The molecule has 0 aliphatic heterocycles. The number of amides is 1. The minimum absolute atomic E-state index is 0.00427. The SMILES string of the molecule is COC(=O)c1ccc(C(=O)OC)c(N=NC(C(C)=O)C(=O)Nc2cc(C(=O)O)cc(C(=O)O)c2)c1. The monoisotopic (exact) mass is 485 g/mol. The van der Waals surface area contributed by atoms with Crippen molar-refractivity contribution < 1.29 is 48.5 Å². The van der Waals surface area contributed by atoms with Gasteiger partial charge in [-0.25, -0.2) is 19.2 Å². The fourth-order valence-electron chi connectivity index (χ4n) is 2.74. The number of aromatic carboxylic acids is 2. The summed E-state index contributed by atoms with van der Waals surface area (Å²) in [5, 5.41) is 28.0. The molecule has 0 spiro atoms. The van der Waals surface area contributed by atoms with E-state index < -0.39 is 52.7 Å². The van der Waals surface area contributed by atoms with Crippen molar-refractivity contribution in [3.63, 3.8) is 0 Å². The molecule has 1 unspecified atom stereocenters. The topological polar surface area (TPSA) is 198 Å². The molecule has 13 heteroatoms. The number of ether oxygens (including phenoxy) is 2. The maximum Gasteiger partial charge on any atom is 0.340 e. The molecule has 0 aliphatic rings. The van der Waals surface area contributed by atoms with E-state index in [4.69, 9.17) is 10.2 Å². The quantitative estimate of drug-likeness (QED) is 0.269. The number of nitrogens with zero attached hydrogens (tertiary/aromatic N) is 2. The van der Waals surface area contributed by atoms with Crippen molar-refractivity contribution in [2.45, 2.75) is 13.0 Å². The molecule has 13 nitrogen and oxygen atoms in total. The number of methoxy groups -OCH3 is 2. The minimum Gasteiger partial charge on any atom is -0.478 e.